The first-order valence-electron chi connectivity index (χ1n) is 14.3. The number of benzene rings is 2. The topological polar surface area (TPSA) is 108 Å². The van der Waals surface area contributed by atoms with Crippen LogP contribution in [0.25, 0.3) is 0 Å². The predicted octanol–water partition coefficient (Wildman–Crippen LogP) is 3.59. The van der Waals surface area contributed by atoms with Crippen LogP contribution in [0.15, 0.2) is 48.5 Å². The molecular weight excluding hydrogens is 506 g/mol. The number of aliphatic hydroxyl groups excluding tert-OH is 1. The van der Waals surface area contributed by atoms with Crippen molar-refractivity contribution in [2.24, 2.45) is 23.7 Å². The lowest BCUT2D eigenvalue weighted by atomic mass is 9.62. The van der Waals surface area contributed by atoms with E-state index in [1.807, 2.05) is 90.1 Å². The molecule has 3 N–H and O–H groups in total. The number of fused-ring (bicyclic) bond motifs is 1. The van der Waals surface area contributed by atoms with Crippen molar-refractivity contribution in [1.82, 2.24) is 10.2 Å². The van der Waals surface area contributed by atoms with Gasteiger partial charge in [-0.2, -0.15) is 0 Å². The lowest BCUT2D eigenvalue weighted by molar-refractivity contribution is -0.150. The van der Waals surface area contributed by atoms with Crippen molar-refractivity contribution in [3.63, 3.8) is 0 Å². The third kappa shape index (κ3) is 4.23. The van der Waals surface area contributed by atoms with Gasteiger partial charge >= 0.3 is 0 Å². The molecule has 2 aromatic rings. The zero-order valence-corrected chi connectivity index (χ0v) is 24.2. The van der Waals surface area contributed by atoms with Crippen LogP contribution in [0.1, 0.15) is 50.8 Å². The maximum absolute atomic E-state index is 14.4. The lowest BCUT2D eigenvalue weighted by Gasteiger charge is -2.38. The number of hydrogen-bond acceptors (Lipinski definition) is 5. The zero-order chi connectivity index (χ0) is 29.0. The molecule has 0 aliphatic carbocycles. The molecule has 3 aliphatic heterocycles. The van der Waals surface area contributed by atoms with E-state index in [4.69, 9.17) is 4.74 Å². The second-order valence-corrected chi connectivity index (χ2v) is 12.4. The van der Waals surface area contributed by atoms with Crippen molar-refractivity contribution in [3.05, 3.63) is 65.2 Å². The highest BCUT2D eigenvalue weighted by Crippen LogP contribution is 2.65. The number of nitrogens with zero attached hydrogens (tertiary/aromatic N) is 1. The first kappa shape index (κ1) is 28.3. The Morgan fingerprint density at radius 1 is 1.07 bits per heavy atom. The standard InChI is InChI=1S/C32H41N3O5/c1-18(2)23(17-36)35-27(29(38)34-26-19(3)11-10-12-20(26)4)32-15-21(5)31(6,40-32)24(25(32)30(35)39)28(37)33-16-22-13-8-7-9-14-22/h7-14,18,21,23-25,27,36H,15-17H2,1-6H3,(H,33,37)(H,34,38)/t21?,23-,24-,25-,27?,31+,32?/m0/s1. The molecule has 8 heteroatoms. The number of amides is 3. The van der Waals surface area contributed by atoms with Gasteiger partial charge in [-0.05, 0) is 55.7 Å². The first-order valence-corrected chi connectivity index (χ1v) is 14.3. The van der Waals surface area contributed by atoms with Gasteiger partial charge in [0.15, 0.2) is 0 Å². The minimum absolute atomic E-state index is 0.0638. The van der Waals surface area contributed by atoms with Crippen LogP contribution in [0.4, 0.5) is 5.69 Å². The maximum Gasteiger partial charge on any atom is 0.250 e. The summed E-state index contributed by atoms with van der Waals surface area (Å²) in [6, 6.07) is 13.8. The van der Waals surface area contributed by atoms with Crippen molar-refractivity contribution in [2.45, 2.75) is 77.8 Å². The molecule has 5 rings (SSSR count). The molecule has 2 bridgehead atoms. The summed E-state index contributed by atoms with van der Waals surface area (Å²) in [6.07, 6.45) is 0.472. The second-order valence-electron chi connectivity index (χ2n) is 12.4. The number of nitrogens with one attached hydrogen (secondary N) is 2. The molecule has 2 aromatic carbocycles. The van der Waals surface area contributed by atoms with Crippen molar-refractivity contribution in [2.75, 3.05) is 11.9 Å². The second kappa shape index (κ2) is 10.3. The zero-order valence-electron chi connectivity index (χ0n) is 24.2. The number of carbonyl (C=O) groups is 3. The summed E-state index contributed by atoms with van der Waals surface area (Å²) in [4.78, 5) is 44.1. The maximum atomic E-state index is 14.4. The Morgan fingerprint density at radius 2 is 1.73 bits per heavy atom. The average molecular weight is 548 g/mol. The third-order valence-electron chi connectivity index (χ3n) is 9.64. The number of hydrogen-bond donors (Lipinski definition) is 3. The van der Waals surface area contributed by atoms with Crippen LogP contribution >= 0.6 is 0 Å². The molecule has 8 nitrogen and oxygen atoms in total. The third-order valence-corrected chi connectivity index (χ3v) is 9.64. The molecule has 3 saturated heterocycles. The fourth-order valence-electron chi connectivity index (χ4n) is 7.45. The number of anilines is 1. The highest BCUT2D eigenvalue weighted by atomic mass is 16.5. The summed E-state index contributed by atoms with van der Waals surface area (Å²) in [7, 11) is 0. The molecule has 3 unspecified atom stereocenters. The highest BCUT2D eigenvalue weighted by molar-refractivity contribution is 6.04. The van der Waals surface area contributed by atoms with Crippen LogP contribution in [0.5, 0.6) is 0 Å². The van der Waals surface area contributed by atoms with Gasteiger partial charge in [0.25, 0.3) is 0 Å². The van der Waals surface area contributed by atoms with Crippen LogP contribution < -0.4 is 10.6 Å². The van der Waals surface area contributed by atoms with Gasteiger partial charge in [-0.25, -0.2) is 0 Å². The van der Waals surface area contributed by atoms with Crippen molar-refractivity contribution >= 4 is 23.4 Å². The molecule has 3 fully saturated rings. The summed E-state index contributed by atoms with van der Waals surface area (Å²) in [5.74, 6) is -2.68. The number of likely N-dealkylation sites (tertiary alicyclic amines) is 1. The van der Waals surface area contributed by atoms with E-state index < -0.39 is 35.1 Å². The van der Waals surface area contributed by atoms with Crippen LogP contribution in [-0.2, 0) is 25.7 Å². The Balaban J connectivity index is 1.55. The molecule has 3 amide bonds. The number of rotatable bonds is 8. The molecule has 3 aliphatic rings. The van der Waals surface area contributed by atoms with Crippen LogP contribution in [0, 0.1) is 37.5 Å². The van der Waals surface area contributed by atoms with Gasteiger partial charge in [0, 0.05) is 12.2 Å². The Hall–Kier alpha value is -3.23. The molecule has 0 radical (unpaired) electrons. The minimum Gasteiger partial charge on any atom is -0.394 e. The molecule has 214 valence electrons. The van der Waals surface area contributed by atoms with Gasteiger partial charge in [-0.1, -0.05) is 69.3 Å². The SMILES string of the molecule is Cc1cccc(C)c1NC(=O)C1N([C@@H](CO)C(C)C)C(=O)[C@@H]2[C@@H](C(=O)NCc3ccccc3)[C@]3(C)OC12CC3C. The van der Waals surface area contributed by atoms with E-state index in [-0.39, 0.29) is 36.2 Å². The van der Waals surface area contributed by atoms with Gasteiger partial charge in [0.1, 0.15) is 11.6 Å². The number of aliphatic hydroxyl groups is 1. The van der Waals surface area contributed by atoms with Crippen molar-refractivity contribution in [3.8, 4) is 0 Å². The molecule has 0 aromatic heterocycles. The van der Waals surface area contributed by atoms with Gasteiger partial charge < -0.3 is 25.4 Å². The summed E-state index contributed by atoms with van der Waals surface area (Å²) in [6.45, 7) is 11.7. The van der Waals surface area contributed by atoms with E-state index in [1.165, 1.54) is 4.90 Å². The fourth-order valence-corrected chi connectivity index (χ4v) is 7.45. The summed E-state index contributed by atoms with van der Waals surface area (Å²) >= 11 is 0. The molecule has 7 atom stereocenters. The monoisotopic (exact) mass is 547 g/mol. The molecule has 0 saturated carbocycles. The smallest absolute Gasteiger partial charge is 0.250 e. The van der Waals surface area contributed by atoms with E-state index in [1.54, 1.807) is 0 Å². The van der Waals surface area contributed by atoms with Crippen LogP contribution in [0.2, 0.25) is 0 Å². The van der Waals surface area contributed by atoms with E-state index >= 15 is 0 Å². The summed E-state index contributed by atoms with van der Waals surface area (Å²) in [5, 5.41) is 16.6. The number of carbonyl (C=O) groups excluding carboxylic acids is 3. The molecule has 40 heavy (non-hydrogen) atoms. The minimum atomic E-state index is -1.18. The number of ether oxygens (including phenoxy) is 1. The highest BCUT2D eigenvalue weighted by Gasteiger charge is 2.80. The predicted molar refractivity (Wildman–Crippen MR) is 152 cm³/mol. The molecular formula is C32H41N3O5. The van der Waals surface area contributed by atoms with Gasteiger partial charge in [0.05, 0.1) is 30.1 Å². The fraction of sp³-hybridized carbons (Fsp3) is 0.531. The van der Waals surface area contributed by atoms with Crippen molar-refractivity contribution < 1.29 is 24.2 Å². The normalized spacial score (nSPS) is 31.4. The van der Waals surface area contributed by atoms with Gasteiger partial charge in [-0.15, -0.1) is 0 Å². The van der Waals surface area contributed by atoms with E-state index in [0.717, 1.165) is 16.7 Å². The Labute approximate surface area is 236 Å². The number of aryl methyl sites for hydroxylation is 2. The van der Waals surface area contributed by atoms with Crippen LogP contribution in [0.3, 0.4) is 0 Å². The van der Waals surface area contributed by atoms with E-state index in [9.17, 15) is 19.5 Å². The molecule has 3 heterocycles. The quantitative estimate of drug-likeness (QED) is 0.468. The van der Waals surface area contributed by atoms with E-state index in [0.29, 0.717) is 18.7 Å². The largest absolute Gasteiger partial charge is 0.394 e. The van der Waals surface area contributed by atoms with E-state index in [2.05, 4.69) is 10.6 Å². The Bertz CT molecular complexity index is 1290. The Morgan fingerprint density at radius 3 is 2.33 bits per heavy atom. The van der Waals surface area contributed by atoms with Gasteiger partial charge in [0.2, 0.25) is 17.7 Å². The average Bonchev–Trinajstić information content (AvgIpc) is 3.42. The summed E-state index contributed by atoms with van der Waals surface area (Å²) in [5.41, 5.74) is 1.40. The van der Waals surface area contributed by atoms with Gasteiger partial charge in [-0.3, -0.25) is 14.4 Å². The van der Waals surface area contributed by atoms with Crippen molar-refractivity contribution in [1.29, 1.82) is 0 Å². The Kier molecular flexibility index (Phi) is 7.29. The summed E-state index contributed by atoms with van der Waals surface area (Å²) < 4.78 is 6.81. The number of para-hydroxylation sites is 1. The first-order chi connectivity index (χ1) is 19.0. The van der Waals surface area contributed by atoms with Crippen LogP contribution in [-0.4, -0.2) is 57.6 Å². The molecule has 1 spiro atoms. The lowest BCUT2D eigenvalue weighted by Crippen LogP contribution is -2.57.